The number of hydrogen-bond acceptors (Lipinski definition) is 6. The van der Waals surface area contributed by atoms with Crippen LogP contribution in [0.3, 0.4) is 0 Å². The van der Waals surface area contributed by atoms with Gasteiger partial charge in [-0.2, -0.15) is 0 Å². The van der Waals surface area contributed by atoms with Crippen LogP contribution in [0.4, 0.5) is 0 Å². The quantitative estimate of drug-likeness (QED) is 0.288. The molecule has 27 heavy (non-hydrogen) atoms. The molecule has 2 atom stereocenters. The maximum absolute atomic E-state index is 6.19. The second-order valence-electron chi connectivity index (χ2n) is 6.25. The van der Waals surface area contributed by atoms with Crippen LogP contribution in [0, 0.1) is 0 Å². The fraction of sp³-hybridized carbons (Fsp3) is 1.00. The Morgan fingerprint density at radius 1 is 0.444 bits per heavy atom. The smallest absolute Gasteiger partial charge is 0.374 e. The van der Waals surface area contributed by atoms with Gasteiger partial charge in [-0.15, -0.1) is 0 Å². The van der Waals surface area contributed by atoms with Gasteiger partial charge in [-0.05, 0) is 60.8 Å². The molecule has 0 aromatic carbocycles. The fourth-order valence-corrected chi connectivity index (χ4v) is 10.3. The molecule has 164 valence electrons. The lowest BCUT2D eigenvalue weighted by atomic mass is 10.1. The lowest BCUT2D eigenvalue weighted by Crippen LogP contribution is -2.54. The Morgan fingerprint density at radius 2 is 0.667 bits per heavy atom. The van der Waals surface area contributed by atoms with Crippen molar-refractivity contribution in [3.8, 4) is 0 Å². The van der Waals surface area contributed by atoms with Crippen LogP contribution in [-0.2, 0) is 26.6 Å². The second kappa shape index (κ2) is 15.1. The molecular formula is C19H44O6Si2. The van der Waals surface area contributed by atoms with Crippen molar-refractivity contribution in [3.05, 3.63) is 0 Å². The summed E-state index contributed by atoms with van der Waals surface area (Å²) in [5, 5.41) is 0. The van der Waals surface area contributed by atoms with Crippen LogP contribution in [0.15, 0.2) is 0 Å². The molecule has 0 aromatic heterocycles. The summed E-state index contributed by atoms with van der Waals surface area (Å²) in [6, 6.07) is 0. The second-order valence-corrected chi connectivity index (χ2v) is 12.0. The number of hydrogen-bond donors (Lipinski definition) is 0. The molecule has 0 heterocycles. The van der Waals surface area contributed by atoms with E-state index in [1.54, 1.807) is 0 Å². The molecule has 0 N–H and O–H groups in total. The zero-order valence-corrected chi connectivity index (χ0v) is 21.0. The SMILES string of the molecule is CCO[Si](OCC)(OCC)C(CC)CC(CC)[Si](OCC)(OCC)OCC. The van der Waals surface area contributed by atoms with Gasteiger partial charge in [0.2, 0.25) is 0 Å². The van der Waals surface area contributed by atoms with Crippen LogP contribution >= 0.6 is 0 Å². The molecule has 0 spiro atoms. The third-order valence-corrected chi connectivity index (χ3v) is 12.1. The maximum atomic E-state index is 6.19. The van der Waals surface area contributed by atoms with Crippen molar-refractivity contribution in [1.82, 2.24) is 0 Å². The maximum Gasteiger partial charge on any atom is 0.504 e. The van der Waals surface area contributed by atoms with Crippen molar-refractivity contribution in [2.75, 3.05) is 39.6 Å². The summed E-state index contributed by atoms with van der Waals surface area (Å²) in [6.07, 6.45) is 2.72. The van der Waals surface area contributed by atoms with E-state index < -0.39 is 17.6 Å². The van der Waals surface area contributed by atoms with Gasteiger partial charge in [0, 0.05) is 50.7 Å². The molecular weight excluding hydrogens is 380 g/mol. The molecule has 0 saturated heterocycles. The van der Waals surface area contributed by atoms with Crippen LogP contribution in [0.2, 0.25) is 11.1 Å². The van der Waals surface area contributed by atoms with Gasteiger partial charge in [0.1, 0.15) is 0 Å². The molecule has 0 aliphatic heterocycles. The van der Waals surface area contributed by atoms with Crippen molar-refractivity contribution in [1.29, 1.82) is 0 Å². The standard InChI is InChI=1S/C19H44O6Si2/c1-9-18(26(20-11-3,21-12-4)22-13-5)17-19(10-2)27(23-14-6,24-15-7)25-16-8/h18-19H,9-17H2,1-8H3. The Hall–Kier alpha value is 0.194. The van der Waals surface area contributed by atoms with Crippen LogP contribution in [0.1, 0.15) is 74.7 Å². The molecule has 0 aromatic rings. The summed E-state index contributed by atoms with van der Waals surface area (Å²) in [7, 11) is -5.59. The molecule has 0 rings (SSSR count). The van der Waals surface area contributed by atoms with Gasteiger partial charge >= 0.3 is 17.6 Å². The molecule has 0 bridgehead atoms. The van der Waals surface area contributed by atoms with E-state index in [-0.39, 0.29) is 11.1 Å². The molecule has 0 radical (unpaired) electrons. The van der Waals surface area contributed by atoms with Crippen molar-refractivity contribution in [2.24, 2.45) is 0 Å². The predicted molar refractivity (Wildman–Crippen MR) is 114 cm³/mol. The van der Waals surface area contributed by atoms with Crippen LogP contribution < -0.4 is 0 Å². The number of rotatable bonds is 18. The minimum atomic E-state index is -2.80. The Labute approximate surface area is 169 Å². The molecule has 0 aliphatic carbocycles. The Kier molecular flexibility index (Phi) is 15.2. The first kappa shape index (κ1) is 27.2. The zero-order chi connectivity index (χ0) is 20.8. The third kappa shape index (κ3) is 7.85. The van der Waals surface area contributed by atoms with Crippen LogP contribution in [0.5, 0.6) is 0 Å². The largest absolute Gasteiger partial charge is 0.504 e. The van der Waals surface area contributed by atoms with Gasteiger partial charge in [-0.1, -0.05) is 13.8 Å². The minimum absolute atomic E-state index is 0.190. The molecule has 6 nitrogen and oxygen atoms in total. The average Bonchev–Trinajstić information content (AvgIpc) is 2.63. The van der Waals surface area contributed by atoms with Crippen molar-refractivity contribution in [2.45, 2.75) is 85.7 Å². The van der Waals surface area contributed by atoms with Crippen molar-refractivity contribution < 1.29 is 26.6 Å². The van der Waals surface area contributed by atoms with Gasteiger partial charge in [-0.3, -0.25) is 0 Å². The lowest BCUT2D eigenvalue weighted by molar-refractivity contribution is 0.0482. The average molecular weight is 425 g/mol. The molecule has 0 saturated carbocycles. The summed E-state index contributed by atoms with van der Waals surface area (Å²) in [5.74, 6) is 0. The van der Waals surface area contributed by atoms with Crippen LogP contribution in [-0.4, -0.2) is 57.3 Å². The Morgan fingerprint density at radius 3 is 0.815 bits per heavy atom. The predicted octanol–water partition coefficient (Wildman–Crippen LogP) is 5.03. The zero-order valence-electron chi connectivity index (χ0n) is 19.0. The monoisotopic (exact) mass is 424 g/mol. The van der Waals surface area contributed by atoms with E-state index in [1.807, 2.05) is 41.5 Å². The first-order valence-corrected chi connectivity index (χ1v) is 14.4. The van der Waals surface area contributed by atoms with Gasteiger partial charge in [0.25, 0.3) is 0 Å². The summed E-state index contributed by atoms with van der Waals surface area (Å²) < 4.78 is 37.1. The van der Waals surface area contributed by atoms with E-state index in [0.29, 0.717) is 39.6 Å². The molecule has 2 unspecified atom stereocenters. The van der Waals surface area contributed by atoms with Gasteiger partial charge < -0.3 is 26.6 Å². The highest BCUT2D eigenvalue weighted by Crippen LogP contribution is 2.42. The van der Waals surface area contributed by atoms with E-state index in [4.69, 9.17) is 26.6 Å². The summed E-state index contributed by atoms with van der Waals surface area (Å²) in [4.78, 5) is 0. The van der Waals surface area contributed by atoms with Crippen LogP contribution in [0.25, 0.3) is 0 Å². The van der Waals surface area contributed by atoms with E-state index in [9.17, 15) is 0 Å². The van der Waals surface area contributed by atoms with Crippen molar-refractivity contribution >= 4 is 17.6 Å². The highest BCUT2D eigenvalue weighted by molar-refractivity contribution is 6.64. The third-order valence-electron chi connectivity index (χ3n) is 4.63. The lowest BCUT2D eigenvalue weighted by Gasteiger charge is -2.40. The van der Waals surface area contributed by atoms with Gasteiger partial charge in [0.15, 0.2) is 0 Å². The molecule has 8 heteroatoms. The van der Waals surface area contributed by atoms with E-state index >= 15 is 0 Å². The van der Waals surface area contributed by atoms with Gasteiger partial charge in [-0.25, -0.2) is 0 Å². The fourth-order valence-electron chi connectivity index (χ4n) is 3.63. The minimum Gasteiger partial charge on any atom is -0.374 e. The summed E-state index contributed by atoms with van der Waals surface area (Å²) in [6.45, 7) is 19.9. The Balaban J connectivity index is 5.81. The first-order valence-electron chi connectivity index (χ1n) is 10.8. The topological polar surface area (TPSA) is 55.4 Å². The highest BCUT2D eigenvalue weighted by atomic mass is 28.4. The molecule has 0 aliphatic rings. The van der Waals surface area contributed by atoms with Gasteiger partial charge in [0.05, 0.1) is 0 Å². The molecule has 0 amide bonds. The summed E-state index contributed by atoms with van der Waals surface area (Å²) in [5.41, 5.74) is 0.381. The van der Waals surface area contributed by atoms with E-state index in [0.717, 1.165) is 19.3 Å². The highest BCUT2D eigenvalue weighted by Gasteiger charge is 2.54. The van der Waals surface area contributed by atoms with E-state index in [2.05, 4.69) is 13.8 Å². The summed E-state index contributed by atoms with van der Waals surface area (Å²) >= 11 is 0. The van der Waals surface area contributed by atoms with Crippen molar-refractivity contribution in [3.63, 3.8) is 0 Å². The van der Waals surface area contributed by atoms with E-state index in [1.165, 1.54) is 0 Å². The Bertz CT molecular complexity index is 293. The molecule has 0 fully saturated rings. The normalized spacial score (nSPS) is 15.1. The first-order chi connectivity index (χ1) is 13.0.